The lowest BCUT2D eigenvalue weighted by Crippen LogP contribution is -2.49. The van der Waals surface area contributed by atoms with Gasteiger partial charge in [0, 0.05) is 56.2 Å². The average molecular weight is 349 g/mol. The van der Waals surface area contributed by atoms with E-state index in [1.807, 2.05) is 30.5 Å². The predicted molar refractivity (Wildman–Crippen MR) is 96.1 cm³/mol. The molecule has 0 bridgehead atoms. The lowest BCUT2D eigenvalue weighted by Gasteiger charge is -2.39. The van der Waals surface area contributed by atoms with Crippen LogP contribution in [0.25, 0.3) is 0 Å². The minimum atomic E-state index is -0.391. The fraction of sp³-hybridized carbons (Fsp3) is 0.500. The molecule has 2 atom stereocenters. The van der Waals surface area contributed by atoms with E-state index >= 15 is 0 Å². The maximum Gasteiger partial charge on any atom is 0.0862 e. The molecule has 1 aliphatic heterocycles. The molecule has 1 fully saturated rings. The van der Waals surface area contributed by atoms with Crippen LogP contribution in [-0.4, -0.2) is 63.5 Å². The zero-order valence-corrected chi connectivity index (χ0v) is 14.8. The second-order valence-electron chi connectivity index (χ2n) is 6.42. The SMILES string of the molecule is CC(c1ccccc1Cl)N1CCN(CC(O)Cn2cccn2)CC1. The van der Waals surface area contributed by atoms with E-state index in [0.29, 0.717) is 19.1 Å². The maximum absolute atomic E-state index is 10.2. The monoisotopic (exact) mass is 348 g/mol. The molecule has 1 aromatic heterocycles. The number of β-amino-alcohol motifs (C(OH)–C–C–N with tert-alkyl or cyclic N) is 1. The minimum Gasteiger partial charge on any atom is -0.390 e. The topological polar surface area (TPSA) is 44.5 Å². The number of aliphatic hydroxyl groups is 1. The molecule has 2 heterocycles. The van der Waals surface area contributed by atoms with E-state index in [2.05, 4.69) is 27.9 Å². The van der Waals surface area contributed by atoms with E-state index in [4.69, 9.17) is 11.6 Å². The molecular weight excluding hydrogens is 324 g/mol. The summed E-state index contributed by atoms with van der Waals surface area (Å²) >= 11 is 6.33. The highest BCUT2D eigenvalue weighted by atomic mass is 35.5. The van der Waals surface area contributed by atoms with Crippen molar-refractivity contribution in [3.05, 3.63) is 53.3 Å². The Morgan fingerprint density at radius 1 is 1.12 bits per heavy atom. The van der Waals surface area contributed by atoms with Gasteiger partial charge in [-0.05, 0) is 24.6 Å². The van der Waals surface area contributed by atoms with Crippen LogP contribution in [0.5, 0.6) is 0 Å². The maximum atomic E-state index is 10.2. The van der Waals surface area contributed by atoms with Crippen molar-refractivity contribution < 1.29 is 5.11 Å². The van der Waals surface area contributed by atoms with Crippen molar-refractivity contribution in [1.82, 2.24) is 19.6 Å². The molecule has 0 aliphatic carbocycles. The van der Waals surface area contributed by atoms with Gasteiger partial charge in [-0.2, -0.15) is 5.10 Å². The lowest BCUT2D eigenvalue weighted by atomic mass is 10.1. The van der Waals surface area contributed by atoms with Gasteiger partial charge in [0.1, 0.15) is 0 Å². The van der Waals surface area contributed by atoms with Gasteiger partial charge in [0.05, 0.1) is 12.6 Å². The van der Waals surface area contributed by atoms with E-state index in [1.54, 1.807) is 10.9 Å². The van der Waals surface area contributed by atoms with Crippen LogP contribution in [0.1, 0.15) is 18.5 Å². The van der Waals surface area contributed by atoms with E-state index in [1.165, 1.54) is 5.56 Å². The van der Waals surface area contributed by atoms with Crippen molar-refractivity contribution in [2.75, 3.05) is 32.7 Å². The lowest BCUT2D eigenvalue weighted by molar-refractivity contribution is 0.0513. The van der Waals surface area contributed by atoms with Crippen LogP contribution in [0, 0.1) is 0 Å². The smallest absolute Gasteiger partial charge is 0.0862 e. The van der Waals surface area contributed by atoms with Crippen molar-refractivity contribution in [1.29, 1.82) is 0 Å². The molecular formula is C18H25ClN4O. The van der Waals surface area contributed by atoms with E-state index in [-0.39, 0.29) is 0 Å². The summed E-state index contributed by atoms with van der Waals surface area (Å²) < 4.78 is 1.78. The number of piperazine rings is 1. The van der Waals surface area contributed by atoms with Crippen LogP contribution in [-0.2, 0) is 6.54 Å². The summed E-state index contributed by atoms with van der Waals surface area (Å²) in [5, 5.41) is 15.2. The fourth-order valence-electron chi connectivity index (χ4n) is 3.32. The van der Waals surface area contributed by atoms with Crippen molar-refractivity contribution in [3.63, 3.8) is 0 Å². The Balaban J connectivity index is 1.48. The Kier molecular flexibility index (Phi) is 5.89. The highest BCUT2D eigenvalue weighted by molar-refractivity contribution is 6.31. The molecule has 0 spiro atoms. The van der Waals surface area contributed by atoms with E-state index in [9.17, 15) is 5.11 Å². The van der Waals surface area contributed by atoms with Gasteiger partial charge in [0.25, 0.3) is 0 Å². The van der Waals surface area contributed by atoms with Crippen LogP contribution in [0.3, 0.4) is 0 Å². The van der Waals surface area contributed by atoms with E-state index < -0.39 is 6.10 Å². The first kappa shape index (κ1) is 17.4. The zero-order valence-electron chi connectivity index (χ0n) is 14.1. The van der Waals surface area contributed by atoms with Crippen LogP contribution in [0.15, 0.2) is 42.7 Å². The summed E-state index contributed by atoms with van der Waals surface area (Å²) in [6.07, 6.45) is 3.23. The fourth-order valence-corrected chi connectivity index (χ4v) is 3.62. The van der Waals surface area contributed by atoms with Crippen molar-refractivity contribution in [2.45, 2.75) is 25.6 Å². The normalized spacial score (nSPS) is 19.3. The van der Waals surface area contributed by atoms with Gasteiger partial charge >= 0.3 is 0 Å². The summed E-state index contributed by atoms with van der Waals surface area (Å²) in [4.78, 5) is 4.78. The average Bonchev–Trinajstić information content (AvgIpc) is 3.08. The number of nitrogens with zero attached hydrogens (tertiary/aromatic N) is 4. The molecule has 1 saturated heterocycles. The van der Waals surface area contributed by atoms with Crippen LogP contribution in [0.2, 0.25) is 5.02 Å². The second-order valence-corrected chi connectivity index (χ2v) is 6.82. The van der Waals surface area contributed by atoms with Crippen LogP contribution in [0.4, 0.5) is 0 Å². The number of benzene rings is 1. The molecule has 6 heteroatoms. The van der Waals surface area contributed by atoms with Gasteiger partial charge in [0.15, 0.2) is 0 Å². The molecule has 2 aromatic rings. The quantitative estimate of drug-likeness (QED) is 0.869. The standard InChI is InChI=1S/C18H25ClN4O/c1-15(17-5-2-3-6-18(17)19)22-11-9-21(10-12-22)13-16(24)14-23-8-4-7-20-23/h2-8,15-16,24H,9-14H2,1H3. The molecule has 0 radical (unpaired) electrons. The number of rotatable bonds is 6. The highest BCUT2D eigenvalue weighted by Gasteiger charge is 2.24. The largest absolute Gasteiger partial charge is 0.390 e. The zero-order chi connectivity index (χ0) is 16.9. The number of aromatic nitrogens is 2. The molecule has 0 saturated carbocycles. The van der Waals surface area contributed by atoms with Crippen LogP contribution >= 0.6 is 11.6 Å². The molecule has 3 rings (SSSR count). The minimum absolute atomic E-state index is 0.315. The van der Waals surface area contributed by atoms with E-state index in [0.717, 1.165) is 31.2 Å². The Labute approximate surface area is 148 Å². The molecule has 0 amide bonds. The van der Waals surface area contributed by atoms with Crippen LogP contribution < -0.4 is 0 Å². The first-order chi connectivity index (χ1) is 11.6. The molecule has 24 heavy (non-hydrogen) atoms. The summed E-state index contributed by atoms with van der Waals surface area (Å²) in [6.45, 7) is 7.35. The molecule has 1 aliphatic rings. The molecule has 5 nitrogen and oxygen atoms in total. The molecule has 1 N–H and O–H groups in total. The first-order valence-electron chi connectivity index (χ1n) is 8.50. The number of hydrogen-bond acceptors (Lipinski definition) is 4. The van der Waals surface area contributed by atoms with Crippen molar-refractivity contribution in [3.8, 4) is 0 Å². The summed E-state index contributed by atoms with van der Waals surface area (Å²) in [7, 11) is 0. The van der Waals surface area contributed by atoms with Gasteiger partial charge in [-0.1, -0.05) is 29.8 Å². The van der Waals surface area contributed by atoms with Gasteiger partial charge in [0.2, 0.25) is 0 Å². The first-order valence-corrected chi connectivity index (χ1v) is 8.87. The third kappa shape index (κ3) is 4.36. The molecule has 2 unspecified atom stereocenters. The third-order valence-corrected chi connectivity index (χ3v) is 5.08. The molecule has 130 valence electrons. The number of halogens is 1. The van der Waals surface area contributed by atoms with Crippen molar-refractivity contribution in [2.24, 2.45) is 0 Å². The summed E-state index contributed by atoms with van der Waals surface area (Å²) in [5.74, 6) is 0. The van der Waals surface area contributed by atoms with Gasteiger partial charge in [-0.25, -0.2) is 0 Å². The highest BCUT2D eigenvalue weighted by Crippen LogP contribution is 2.27. The molecule has 1 aromatic carbocycles. The number of hydrogen-bond donors (Lipinski definition) is 1. The second kappa shape index (κ2) is 8.12. The third-order valence-electron chi connectivity index (χ3n) is 4.74. The Morgan fingerprint density at radius 2 is 1.88 bits per heavy atom. The van der Waals surface area contributed by atoms with Gasteiger partial charge < -0.3 is 5.11 Å². The summed E-state index contributed by atoms with van der Waals surface area (Å²) in [5.41, 5.74) is 1.19. The van der Waals surface area contributed by atoms with Crippen molar-refractivity contribution >= 4 is 11.6 Å². The van der Waals surface area contributed by atoms with Gasteiger partial charge in [-0.3, -0.25) is 14.5 Å². The Morgan fingerprint density at radius 3 is 2.54 bits per heavy atom. The summed E-state index contributed by atoms with van der Waals surface area (Å²) in [6, 6.07) is 10.3. The Bertz CT molecular complexity index is 626. The predicted octanol–water partition coefficient (Wildman–Crippen LogP) is 2.28. The van der Waals surface area contributed by atoms with Gasteiger partial charge in [-0.15, -0.1) is 0 Å². The number of aliphatic hydroxyl groups excluding tert-OH is 1. The Hall–Kier alpha value is -1.40.